The average Bonchev–Trinajstić information content (AvgIpc) is 2.71. The molecule has 0 radical (unpaired) electrons. The molecule has 2 unspecified atom stereocenters. The van der Waals surface area contributed by atoms with E-state index in [-0.39, 0.29) is 18.5 Å². The van der Waals surface area contributed by atoms with Crippen LogP contribution >= 0.6 is 0 Å². The number of carbonyl (C=O) groups is 1. The van der Waals surface area contributed by atoms with Crippen LogP contribution in [-0.4, -0.2) is 35.5 Å². The van der Waals surface area contributed by atoms with Crippen LogP contribution in [0.15, 0.2) is 48.6 Å². The Hall–Kier alpha value is -1.65. The Balaban J connectivity index is 3.65. The maximum Gasteiger partial charge on any atom is 0.308 e. The van der Waals surface area contributed by atoms with E-state index in [2.05, 4.69) is 55.5 Å². The summed E-state index contributed by atoms with van der Waals surface area (Å²) in [6.07, 6.45) is 25.9. The maximum absolute atomic E-state index is 11.7. The van der Waals surface area contributed by atoms with E-state index in [9.17, 15) is 4.79 Å². The predicted octanol–water partition coefficient (Wildman–Crippen LogP) is 5.27. The fraction of sp³-hybridized carbons (Fsp3) is 0.625. The van der Waals surface area contributed by atoms with E-state index >= 15 is 0 Å². The van der Waals surface area contributed by atoms with Gasteiger partial charge in [0, 0.05) is 0 Å². The number of hydrogen-bond acceptors (Lipinski definition) is 4. The quantitative estimate of drug-likeness (QED) is 0.201. The molecule has 2 atom stereocenters. The Morgan fingerprint density at radius 1 is 0.893 bits per heavy atom. The van der Waals surface area contributed by atoms with E-state index < -0.39 is 12.7 Å². The van der Waals surface area contributed by atoms with Gasteiger partial charge < -0.3 is 14.9 Å². The number of hydrogen-bond donors (Lipinski definition) is 2. The third-order valence-electron chi connectivity index (χ3n) is 4.25. The summed E-state index contributed by atoms with van der Waals surface area (Å²) < 4.78 is 4.94. The summed E-state index contributed by atoms with van der Waals surface area (Å²) in [4.78, 5) is 11.7. The molecule has 160 valence electrons. The van der Waals surface area contributed by atoms with Gasteiger partial charge in [0.2, 0.25) is 0 Å². The second-order valence-electron chi connectivity index (χ2n) is 7.03. The lowest BCUT2D eigenvalue weighted by Crippen LogP contribution is -2.24. The number of ether oxygens (including phenoxy) is 1. The van der Waals surface area contributed by atoms with Gasteiger partial charge in [0.1, 0.15) is 12.7 Å². The molecule has 0 amide bonds. The molecule has 0 bridgehead atoms. The van der Waals surface area contributed by atoms with Gasteiger partial charge in [-0.3, -0.25) is 4.79 Å². The average molecular weight is 393 g/mol. The van der Waals surface area contributed by atoms with Crippen LogP contribution in [0.2, 0.25) is 0 Å². The first-order chi connectivity index (χ1) is 13.6. The van der Waals surface area contributed by atoms with Crippen molar-refractivity contribution in [2.75, 3.05) is 13.2 Å². The van der Waals surface area contributed by atoms with E-state index in [0.29, 0.717) is 6.42 Å². The van der Waals surface area contributed by atoms with Crippen molar-refractivity contribution in [3.63, 3.8) is 0 Å². The molecule has 2 N–H and O–H groups in total. The normalized spacial score (nSPS) is 14.6. The zero-order valence-electron chi connectivity index (χ0n) is 17.8. The Kier molecular flexibility index (Phi) is 18.9. The first-order valence-electron chi connectivity index (χ1n) is 10.7. The highest BCUT2D eigenvalue weighted by Crippen LogP contribution is 2.09. The van der Waals surface area contributed by atoms with Crippen molar-refractivity contribution >= 4 is 5.97 Å². The summed E-state index contributed by atoms with van der Waals surface area (Å²) in [6.45, 7) is 3.49. The number of aliphatic hydroxyl groups is 2. The lowest BCUT2D eigenvalue weighted by Gasteiger charge is -2.12. The summed E-state index contributed by atoms with van der Waals surface area (Å²) in [7, 11) is 0. The summed E-state index contributed by atoms with van der Waals surface area (Å²) in [5.41, 5.74) is 0. The minimum atomic E-state index is -0.996. The van der Waals surface area contributed by atoms with Gasteiger partial charge >= 0.3 is 5.97 Å². The van der Waals surface area contributed by atoms with Crippen molar-refractivity contribution in [1.82, 2.24) is 0 Å². The monoisotopic (exact) mass is 392 g/mol. The van der Waals surface area contributed by atoms with Crippen LogP contribution in [0.4, 0.5) is 0 Å². The zero-order chi connectivity index (χ0) is 20.9. The van der Waals surface area contributed by atoms with E-state index in [1.807, 2.05) is 6.92 Å². The van der Waals surface area contributed by atoms with Gasteiger partial charge in [-0.05, 0) is 44.9 Å². The number of allylic oxidation sites excluding steroid dienone is 8. The molecule has 28 heavy (non-hydrogen) atoms. The van der Waals surface area contributed by atoms with Gasteiger partial charge in [-0.15, -0.1) is 0 Å². The lowest BCUT2D eigenvalue weighted by atomic mass is 10.1. The van der Waals surface area contributed by atoms with Crippen LogP contribution in [0.5, 0.6) is 0 Å². The molecule has 0 aliphatic heterocycles. The molecule has 0 aromatic heterocycles. The fourth-order valence-electron chi connectivity index (χ4n) is 2.40. The molecule has 0 aliphatic carbocycles. The molecule has 0 saturated carbocycles. The van der Waals surface area contributed by atoms with Crippen LogP contribution in [0, 0.1) is 5.92 Å². The highest BCUT2D eigenvalue weighted by molar-refractivity contribution is 5.71. The van der Waals surface area contributed by atoms with Gasteiger partial charge in [-0.1, -0.05) is 75.3 Å². The number of esters is 1. The summed E-state index contributed by atoms with van der Waals surface area (Å²) >= 11 is 0. The van der Waals surface area contributed by atoms with E-state index in [0.717, 1.165) is 25.7 Å². The van der Waals surface area contributed by atoms with Crippen molar-refractivity contribution in [2.45, 2.75) is 77.7 Å². The largest absolute Gasteiger partial charge is 0.463 e. The molecule has 4 heteroatoms. The highest BCUT2D eigenvalue weighted by atomic mass is 16.5. The zero-order valence-corrected chi connectivity index (χ0v) is 17.8. The molecule has 0 rings (SSSR count). The Morgan fingerprint density at radius 2 is 1.43 bits per heavy atom. The summed E-state index contributed by atoms with van der Waals surface area (Å²) in [6, 6.07) is 0. The molecule has 0 aromatic rings. The topological polar surface area (TPSA) is 66.8 Å². The molecule has 0 spiro atoms. The van der Waals surface area contributed by atoms with Crippen LogP contribution in [0.3, 0.4) is 0 Å². The smallest absolute Gasteiger partial charge is 0.308 e. The molecular formula is C24H40O4. The van der Waals surface area contributed by atoms with E-state index in [4.69, 9.17) is 14.9 Å². The van der Waals surface area contributed by atoms with Crippen LogP contribution in [0.25, 0.3) is 0 Å². The van der Waals surface area contributed by atoms with Gasteiger partial charge in [-0.2, -0.15) is 0 Å². The van der Waals surface area contributed by atoms with E-state index in [1.165, 1.54) is 25.7 Å². The third kappa shape index (κ3) is 17.7. The summed E-state index contributed by atoms with van der Waals surface area (Å²) in [5, 5.41) is 17.8. The fourth-order valence-corrected chi connectivity index (χ4v) is 2.40. The van der Waals surface area contributed by atoms with Gasteiger partial charge in [0.15, 0.2) is 0 Å². The molecule has 0 saturated heterocycles. The number of unbranched alkanes of at least 4 members (excludes halogenated alkanes) is 3. The first-order valence-corrected chi connectivity index (χ1v) is 10.7. The number of rotatable bonds is 17. The van der Waals surface area contributed by atoms with Crippen LogP contribution < -0.4 is 0 Å². The molecule has 0 heterocycles. The van der Waals surface area contributed by atoms with Gasteiger partial charge in [0.25, 0.3) is 0 Å². The van der Waals surface area contributed by atoms with Crippen LogP contribution in [0.1, 0.15) is 71.6 Å². The second-order valence-corrected chi connectivity index (χ2v) is 7.03. The summed E-state index contributed by atoms with van der Waals surface area (Å²) in [5.74, 6) is -0.541. The standard InChI is InChI=1S/C24H40O4/c1-3-4-5-6-7-8-9-10-11-12-13-14-15-16-17-18-19-22(2)24(27)28-21-23(26)20-25/h7-8,10-11,13-14,16-17,22-23,25-26H,3-6,9,12,15,18-21H2,1-2H3/b8-7-,11-10-,14-13-,17-16-. The van der Waals surface area contributed by atoms with Gasteiger partial charge in [0.05, 0.1) is 12.5 Å². The minimum absolute atomic E-state index is 0.149. The molecule has 0 aromatic carbocycles. The Labute approximate surface area is 171 Å². The molecule has 0 aliphatic rings. The first kappa shape index (κ1) is 26.4. The van der Waals surface area contributed by atoms with Crippen molar-refractivity contribution in [3.05, 3.63) is 48.6 Å². The highest BCUT2D eigenvalue weighted by Gasteiger charge is 2.15. The second kappa shape index (κ2) is 20.1. The Bertz CT molecular complexity index is 477. The van der Waals surface area contributed by atoms with Gasteiger partial charge in [-0.25, -0.2) is 0 Å². The minimum Gasteiger partial charge on any atom is -0.463 e. The number of carbonyl (C=O) groups excluding carboxylic acids is 1. The maximum atomic E-state index is 11.7. The Morgan fingerprint density at radius 3 is 1.96 bits per heavy atom. The molecule has 0 fully saturated rings. The van der Waals surface area contributed by atoms with Crippen molar-refractivity contribution < 1.29 is 19.7 Å². The molecule has 4 nitrogen and oxygen atoms in total. The van der Waals surface area contributed by atoms with Crippen LogP contribution in [-0.2, 0) is 9.53 Å². The van der Waals surface area contributed by atoms with E-state index in [1.54, 1.807) is 0 Å². The van der Waals surface area contributed by atoms with Crippen molar-refractivity contribution in [2.24, 2.45) is 5.92 Å². The molecular weight excluding hydrogens is 352 g/mol. The number of aliphatic hydroxyl groups excluding tert-OH is 2. The van der Waals surface area contributed by atoms with Crippen molar-refractivity contribution in [1.29, 1.82) is 0 Å². The van der Waals surface area contributed by atoms with Crippen molar-refractivity contribution in [3.8, 4) is 0 Å². The SMILES string of the molecule is CCCCC/C=C\C/C=C\C/C=C\C/C=C\CCC(C)C(=O)OCC(O)CO. The third-order valence-corrected chi connectivity index (χ3v) is 4.25. The lowest BCUT2D eigenvalue weighted by molar-refractivity contribution is -0.151. The predicted molar refractivity (Wildman–Crippen MR) is 117 cm³/mol.